The molecule has 4 rings (SSSR count). The summed E-state index contributed by atoms with van der Waals surface area (Å²) >= 11 is 0. The average Bonchev–Trinajstić information content (AvgIpc) is 2.81. The number of aromatic nitrogens is 2. The van der Waals surface area contributed by atoms with Crippen molar-refractivity contribution in [3.8, 4) is 5.88 Å². The van der Waals surface area contributed by atoms with Crippen LogP contribution in [0.2, 0.25) is 0 Å². The van der Waals surface area contributed by atoms with E-state index in [-0.39, 0.29) is 42.1 Å². The molecule has 0 unspecified atom stereocenters. The monoisotopic (exact) mass is 464 g/mol. The lowest BCUT2D eigenvalue weighted by atomic mass is 9.71. The Morgan fingerprint density at radius 2 is 2.09 bits per heavy atom. The van der Waals surface area contributed by atoms with Crippen LogP contribution in [0.3, 0.4) is 0 Å². The molecule has 11 heteroatoms. The van der Waals surface area contributed by atoms with Crippen LogP contribution in [0, 0.1) is 17.7 Å². The fraction of sp³-hybridized carbons (Fsp3) is 0.455. The van der Waals surface area contributed by atoms with Crippen LogP contribution in [0.25, 0.3) is 0 Å². The summed E-state index contributed by atoms with van der Waals surface area (Å²) in [5.74, 6) is -1.85. The molecule has 2 aliphatic heterocycles. The van der Waals surface area contributed by atoms with Gasteiger partial charge in [0.25, 0.3) is 6.02 Å². The minimum absolute atomic E-state index is 0.0213. The molecule has 0 amide bonds. The first kappa shape index (κ1) is 23.0. The van der Waals surface area contributed by atoms with E-state index in [2.05, 4.69) is 19.7 Å². The van der Waals surface area contributed by atoms with Gasteiger partial charge in [0.2, 0.25) is 12.7 Å². The number of hydrogen-bond donors (Lipinski definition) is 1. The normalized spacial score (nSPS) is 26.7. The zero-order valence-corrected chi connectivity index (χ0v) is 17.8. The molecule has 1 aromatic carbocycles. The summed E-state index contributed by atoms with van der Waals surface area (Å²) in [7, 11) is 0. The number of fused-ring (bicyclic) bond motifs is 1. The Hall–Kier alpha value is -3.21. The smallest absolute Gasteiger partial charge is 0.283 e. The summed E-state index contributed by atoms with van der Waals surface area (Å²) in [4.78, 5) is 24.6. The first-order valence-corrected chi connectivity index (χ1v) is 10.4. The lowest BCUT2D eigenvalue weighted by Crippen LogP contribution is -2.57. The number of halogens is 3. The topological polar surface area (TPSA) is 109 Å². The molecular formula is C22H23F3N4O4. The SMILES string of the molecule is C[C@@H]1COC[C@H]2[C@@H]1OC(N)=N[C@]2(CF)c1cc(CC(=O)c2cnc(OCF)cn2)ccc1F. The largest absolute Gasteiger partial charge is 0.461 e. The number of Topliss-reactive ketones (excluding diaryl/α,β-unsaturated/α-hetero) is 1. The van der Waals surface area contributed by atoms with Gasteiger partial charge in [0.1, 0.15) is 29.8 Å². The van der Waals surface area contributed by atoms with Gasteiger partial charge in [-0.15, -0.1) is 0 Å². The summed E-state index contributed by atoms with van der Waals surface area (Å²) in [5, 5.41) is 0. The van der Waals surface area contributed by atoms with Crippen LogP contribution < -0.4 is 10.5 Å². The summed E-state index contributed by atoms with van der Waals surface area (Å²) in [6.07, 6.45) is 1.65. The zero-order chi connectivity index (χ0) is 23.6. The molecular weight excluding hydrogens is 441 g/mol. The Morgan fingerprint density at radius 1 is 1.27 bits per heavy atom. The van der Waals surface area contributed by atoms with Gasteiger partial charge in [0.15, 0.2) is 5.78 Å². The first-order valence-electron chi connectivity index (χ1n) is 10.4. The molecule has 1 aromatic heterocycles. The minimum atomic E-state index is -1.64. The predicted molar refractivity (Wildman–Crippen MR) is 111 cm³/mol. The number of alkyl halides is 2. The fourth-order valence-corrected chi connectivity index (χ4v) is 4.36. The van der Waals surface area contributed by atoms with Gasteiger partial charge in [-0.3, -0.25) is 4.79 Å². The highest BCUT2D eigenvalue weighted by Gasteiger charge is 2.53. The van der Waals surface area contributed by atoms with Gasteiger partial charge in [-0.1, -0.05) is 13.0 Å². The summed E-state index contributed by atoms with van der Waals surface area (Å²) in [5.41, 5.74) is 4.65. The summed E-state index contributed by atoms with van der Waals surface area (Å²) in [6.45, 7) is 0.324. The van der Waals surface area contributed by atoms with E-state index in [0.29, 0.717) is 12.2 Å². The van der Waals surface area contributed by atoms with Crippen LogP contribution in [-0.4, -0.2) is 54.6 Å². The lowest BCUT2D eigenvalue weighted by molar-refractivity contribution is -0.109. The molecule has 0 bridgehead atoms. The number of nitrogens with zero attached hydrogens (tertiary/aromatic N) is 3. The van der Waals surface area contributed by atoms with Crippen LogP contribution in [0.1, 0.15) is 28.5 Å². The maximum Gasteiger partial charge on any atom is 0.283 e. The summed E-state index contributed by atoms with van der Waals surface area (Å²) < 4.78 is 57.7. The van der Waals surface area contributed by atoms with E-state index in [4.69, 9.17) is 15.2 Å². The predicted octanol–water partition coefficient (Wildman–Crippen LogP) is 2.51. The Balaban J connectivity index is 1.66. The van der Waals surface area contributed by atoms with E-state index in [9.17, 15) is 13.6 Å². The van der Waals surface area contributed by atoms with Crippen molar-refractivity contribution in [2.24, 2.45) is 22.6 Å². The Kier molecular flexibility index (Phi) is 6.50. The van der Waals surface area contributed by atoms with Crippen molar-refractivity contribution in [1.29, 1.82) is 0 Å². The molecule has 0 spiro atoms. The molecule has 0 radical (unpaired) electrons. The fourth-order valence-electron chi connectivity index (χ4n) is 4.36. The van der Waals surface area contributed by atoms with E-state index < -0.39 is 42.7 Å². The molecule has 1 fully saturated rings. The molecule has 4 atom stereocenters. The van der Waals surface area contributed by atoms with E-state index in [1.165, 1.54) is 18.2 Å². The van der Waals surface area contributed by atoms with Crippen LogP contribution in [0.4, 0.5) is 13.2 Å². The van der Waals surface area contributed by atoms with Gasteiger partial charge in [-0.25, -0.2) is 28.1 Å². The zero-order valence-electron chi connectivity index (χ0n) is 17.8. The third-order valence-corrected chi connectivity index (χ3v) is 6.00. The number of benzene rings is 1. The highest BCUT2D eigenvalue weighted by molar-refractivity contribution is 5.95. The third-order valence-electron chi connectivity index (χ3n) is 6.00. The number of nitrogens with two attached hydrogens (primary N) is 1. The second-order valence-corrected chi connectivity index (χ2v) is 8.12. The Morgan fingerprint density at radius 3 is 2.79 bits per heavy atom. The lowest BCUT2D eigenvalue weighted by Gasteiger charge is -2.47. The number of amidine groups is 1. The van der Waals surface area contributed by atoms with Crippen molar-refractivity contribution in [3.63, 3.8) is 0 Å². The van der Waals surface area contributed by atoms with E-state index in [1.54, 1.807) is 0 Å². The molecule has 2 aliphatic rings. The van der Waals surface area contributed by atoms with Gasteiger partial charge in [-0.2, -0.15) is 0 Å². The summed E-state index contributed by atoms with van der Waals surface area (Å²) in [6, 6.07) is 3.80. The van der Waals surface area contributed by atoms with Crippen LogP contribution in [0.15, 0.2) is 35.6 Å². The number of carbonyl (C=O) groups is 1. The standard InChI is InChI=1S/C22H23F3N4O4/c1-12-8-31-9-15-20(12)33-21(26)29-22(15,10-23)14-4-13(2-3-16(14)25)5-18(30)17-6-28-19(7-27-17)32-11-24/h2-4,6-7,12,15,20H,5,8-11H2,1H3,(H2,26,29)/t12-,15+,20-,22-/m1/s1. The minimum Gasteiger partial charge on any atom is -0.461 e. The van der Waals surface area contributed by atoms with Crippen molar-refractivity contribution in [1.82, 2.24) is 9.97 Å². The van der Waals surface area contributed by atoms with Gasteiger partial charge < -0.3 is 19.9 Å². The third kappa shape index (κ3) is 4.37. The Bertz CT molecular complexity index is 1050. The average molecular weight is 464 g/mol. The molecule has 1 saturated heterocycles. The second kappa shape index (κ2) is 9.34. The van der Waals surface area contributed by atoms with E-state index in [0.717, 1.165) is 12.4 Å². The first-order chi connectivity index (χ1) is 15.9. The molecule has 176 valence electrons. The van der Waals surface area contributed by atoms with E-state index in [1.807, 2.05) is 6.92 Å². The maximum absolute atomic E-state index is 15.0. The molecule has 8 nitrogen and oxygen atoms in total. The van der Waals surface area contributed by atoms with Gasteiger partial charge in [-0.05, 0) is 17.7 Å². The molecule has 3 heterocycles. The molecule has 0 saturated carbocycles. The van der Waals surface area contributed by atoms with Gasteiger partial charge >= 0.3 is 0 Å². The van der Waals surface area contributed by atoms with Crippen LogP contribution in [-0.2, 0) is 21.4 Å². The van der Waals surface area contributed by atoms with E-state index >= 15 is 4.39 Å². The van der Waals surface area contributed by atoms with Crippen molar-refractivity contribution in [2.45, 2.75) is 25.0 Å². The number of ketones is 1. The number of ether oxygens (including phenoxy) is 3. The molecule has 0 aliphatic carbocycles. The van der Waals surface area contributed by atoms with Crippen molar-refractivity contribution >= 4 is 11.8 Å². The van der Waals surface area contributed by atoms with Gasteiger partial charge in [0.05, 0.1) is 31.5 Å². The van der Waals surface area contributed by atoms with Crippen molar-refractivity contribution in [3.05, 3.63) is 53.2 Å². The molecule has 2 N–H and O–H groups in total. The number of hydrogen-bond acceptors (Lipinski definition) is 8. The molecule has 33 heavy (non-hydrogen) atoms. The second-order valence-electron chi connectivity index (χ2n) is 8.12. The van der Waals surface area contributed by atoms with Crippen molar-refractivity contribution in [2.75, 3.05) is 26.7 Å². The van der Waals surface area contributed by atoms with Crippen LogP contribution >= 0.6 is 0 Å². The van der Waals surface area contributed by atoms with Crippen molar-refractivity contribution < 1.29 is 32.2 Å². The molecule has 2 aromatic rings. The maximum atomic E-state index is 15.0. The number of rotatable bonds is 7. The quantitative estimate of drug-likeness (QED) is 0.627. The van der Waals surface area contributed by atoms with Crippen LogP contribution in [0.5, 0.6) is 5.88 Å². The highest BCUT2D eigenvalue weighted by atomic mass is 19.1. The Labute approximate surface area is 188 Å². The number of aliphatic imine (C=N–C) groups is 1. The van der Waals surface area contributed by atoms with Gasteiger partial charge in [0, 0.05) is 17.9 Å². The number of carbonyl (C=O) groups excluding carboxylic acids is 1. The highest BCUT2D eigenvalue weighted by Crippen LogP contribution is 2.45.